The largest absolute Gasteiger partial charge is 0.444 e. The lowest BCUT2D eigenvalue weighted by Gasteiger charge is -2.32. The summed E-state index contributed by atoms with van der Waals surface area (Å²) in [6.07, 6.45) is 1.03. The molecule has 0 unspecified atom stereocenters. The number of halogens is 2. The Morgan fingerprint density at radius 2 is 1.62 bits per heavy atom. The topological polar surface area (TPSA) is 58.6 Å². The first-order valence-electron chi connectivity index (χ1n) is 7.69. The number of hydrogen-bond donors (Lipinski definition) is 1. The van der Waals surface area contributed by atoms with Crippen LogP contribution in [0.15, 0.2) is 30.3 Å². The van der Waals surface area contributed by atoms with Gasteiger partial charge >= 0.3 is 6.09 Å². The molecule has 1 N–H and O–H groups in total. The third-order valence-corrected chi connectivity index (χ3v) is 3.56. The van der Waals surface area contributed by atoms with Gasteiger partial charge in [-0.25, -0.2) is 4.79 Å². The minimum absolute atomic E-state index is 0. The summed E-state index contributed by atoms with van der Waals surface area (Å²) in [5.41, 5.74) is 0.320. The first kappa shape index (κ1) is 22.5. The maximum atomic E-state index is 12.2. The summed E-state index contributed by atoms with van der Waals surface area (Å²) in [6, 6.07) is 9.43. The molecular weight excluding hydrogens is 351 g/mol. The van der Waals surface area contributed by atoms with Crippen molar-refractivity contribution in [2.45, 2.75) is 39.2 Å². The van der Waals surface area contributed by atoms with E-state index in [0.29, 0.717) is 25.9 Å². The third kappa shape index (κ3) is 6.97. The molecule has 0 radical (unpaired) electrons. The van der Waals surface area contributed by atoms with Crippen LogP contribution in [-0.2, 0) is 9.53 Å². The number of nitrogens with one attached hydrogen (secondary N) is 1. The van der Waals surface area contributed by atoms with Crippen LogP contribution in [0.25, 0.3) is 0 Å². The van der Waals surface area contributed by atoms with Gasteiger partial charge in [-0.1, -0.05) is 18.2 Å². The number of amides is 2. The average Bonchev–Trinajstić information content (AvgIpc) is 2.46. The highest BCUT2D eigenvalue weighted by molar-refractivity contribution is 5.92. The van der Waals surface area contributed by atoms with E-state index in [-0.39, 0.29) is 42.7 Å². The molecule has 24 heavy (non-hydrogen) atoms. The van der Waals surface area contributed by atoms with Crippen LogP contribution >= 0.6 is 24.8 Å². The zero-order chi connectivity index (χ0) is 16.2. The number of nitrogens with zero attached hydrogens (tertiary/aromatic N) is 1. The summed E-state index contributed by atoms with van der Waals surface area (Å²) in [5, 5.41) is 2.92. The quantitative estimate of drug-likeness (QED) is 0.844. The van der Waals surface area contributed by atoms with Crippen LogP contribution in [0.3, 0.4) is 0 Å². The number of likely N-dealkylation sites (tertiary alicyclic amines) is 1. The van der Waals surface area contributed by atoms with Gasteiger partial charge < -0.3 is 15.0 Å². The molecule has 2 rings (SSSR count). The Hall–Kier alpha value is -1.46. The van der Waals surface area contributed by atoms with E-state index < -0.39 is 5.60 Å². The molecule has 1 fully saturated rings. The molecular formula is C17H26Cl2N2O3. The molecule has 0 bridgehead atoms. The highest BCUT2D eigenvalue weighted by atomic mass is 35.5. The number of piperidine rings is 1. The number of para-hydroxylation sites is 1. The van der Waals surface area contributed by atoms with Crippen LogP contribution in [0.4, 0.5) is 10.5 Å². The standard InChI is InChI=1S/C17H24N2O3.2ClH/c1-17(2,3)22-16(21)19-11-9-13(10-12-19)15(20)18-14-7-5-4-6-8-14;;/h4-8,13H,9-12H2,1-3H3,(H,18,20);2*1H. The predicted octanol–water partition coefficient (Wildman–Crippen LogP) is 4.12. The van der Waals surface area contributed by atoms with Gasteiger partial charge in [-0.05, 0) is 45.7 Å². The van der Waals surface area contributed by atoms with Crippen molar-refractivity contribution in [2.24, 2.45) is 5.92 Å². The first-order valence-corrected chi connectivity index (χ1v) is 7.69. The van der Waals surface area contributed by atoms with Crippen molar-refractivity contribution >= 4 is 42.5 Å². The van der Waals surface area contributed by atoms with Crippen molar-refractivity contribution in [1.82, 2.24) is 4.90 Å². The van der Waals surface area contributed by atoms with E-state index in [0.717, 1.165) is 5.69 Å². The normalized spacial score (nSPS) is 14.9. The van der Waals surface area contributed by atoms with Crippen LogP contribution in [0.2, 0.25) is 0 Å². The maximum absolute atomic E-state index is 12.2. The molecule has 0 atom stereocenters. The minimum Gasteiger partial charge on any atom is -0.444 e. The molecule has 2 amide bonds. The molecule has 136 valence electrons. The summed E-state index contributed by atoms with van der Waals surface area (Å²) in [4.78, 5) is 25.9. The van der Waals surface area contributed by atoms with E-state index in [1.165, 1.54) is 0 Å². The Morgan fingerprint density at radius 1 is 1.08 bits per heavy atom. The van der Waals surface area contributed by atoms with Gasteiger partial charge in [0.15, 0.2) is 0 Å². The number of carbonyl (C=O) groups is 2. The van der Waals surface area contributed by atoms with E-state index in [4.69, 9.17) is 4.74 Å². The second-order valence-corrected chi connectivity index (χ2v) is 6.60. The fraction of sp³-hybridized carbons (Fsp3) is 0.529. The molecule has 1 saturated heterocycles. The van der Waals surface area contributed by atoms with Crippen molar-refractivity contribution in [3.05, 3.63) is 30.3 Å². The average molecular weight is 377 g/mol. The number of anilines is 1. The molecule has 1 aromatic rings. The highest BCUT2D eigenvalue weighted by Crippen LogP contribution is 2.21. The number of carbonyl (C=O) groups excluding carboxylic acids is 2. The van der Waals surface area contributed by atoms with E-state index >= 15 is 0 Å². The molecule has 1 aliphatic heterocycles. The summed E-state index contributed by atoms with van der Waals surface area (Å²) in [7, 11) is 0. The Balaban J connectivity index is 0.00000264. The van der Waals surface area contributed by atoms with Crippen LogP contribution < -0.4 is 5.32 Å². The second kappa shape index (κ2) is 9.74. The van der Waals surface area contributed by atoms with Gasteiger partial charge in [0.25, 0.3) is 0 Å². The monoisotopic (exact) mass is 376 g/mol. The van der Waals surface area contributed by atoms with Crippen molar-refractivity contribution < 1.29 is 14.3 Å². The third-order valence-electron chi connectivity index (χ3n) is 3.56. The molecule has 1 heterocycles. The molecule has 1 aliphatic rings. The molecule has 0 spiro atoms. The number of rotatable bonds is 2. The lowest BCUT2D eigenvalue weighted by Crippen LogP contribution is -2.43. The van der Waals surface area contributed by atoms with Gasteiger partial charge in [-0.15, -0.1) is 24.8 Å². The van der Waals surface area contributed by atoms with Crippen LogP contribution in [0.5, 0.6) is 0 Å². The van der Waals surface area contributed by atoms with E-state index in [2.05, 4.69) is 5.32 Å². The molecule has 0 saturated carbocycles. The fourth-order valence-electron chi connectivity index (χ4n) is 2.42. The molecule has 1 aromatic carbocycles. The SMILES string of the molecule is CC(C)(C)OC(=O)N1CCC(C(=O)Nc2ccccc2)CC1.Cl.Cl. The summed E-state index contributed by atoms with van der Waals surface area (Å²) in [5.74, 6) is -0.0334. The Bertz CT molecular complexity index is 524. The van der Waals surface area contributed by atoms with Crippen molar-refractivity contribution in [3.63, 3.8) is 0 Å². The Kier molecular flexibility index (Phi) is 9.15. The maximum Gasteiger partial charge on any atom is 0.410 e. The summed E-state index contributed by atoms with van der Waals surface area (Å²) in [6.45, 7) is 6.67. The minimum atomic E-state index is -0.487. The number of hydrogen-bond acceptors (Lipinski definition) is 3. The van der Waals surface area contributed by atoms with Gasteiger partial charge in [0.2, 0.25) is 5.91 Å². The van der Waals surface area contributed by atoms with Gasteiger partial charge in [0.1, 0.15) is 5.60 Å². The first-order chi connectivity index (χ1) is 10.3. The second-order valence-electron chi connectivity index (χ2n) is 6.60. The van der Waals surface area contributed by atoms with E-state index in [1.807, 2.05) is 51.1 Å². The van der Waals surface area contributed by atoms with Gasteiger partial charge in [-0.3, -0.25) is 4.79 Å². The van der Waals surface area contributed by atoms with Crippen molar-refractivity contribution in [1.29, 1.82) is 0 Å². The summed E-state index contributed by atoms with van der Waals surface area (Å²) < 4.78 is 5.35. The van der Waals surface area contributed by atoms with E-state index in [9.17, 15) is 9.59 Å². The lowest BCUT2D eigenvalue weighted by atomic mass is 9.96. The lowest BCUT2D eigenvalue weighted by molar-refractivity contribution is -0.121. The van der Waals surface area contributed by atoms with Gasteiger partial charge in [0, 0.05) is 24.7 Å². The van der Waals surface area contributed by atoms with Crippen molar-refractivity contribution in [2.75, 3.05) is 18.4 Å². The van der Waals surface area contributed by atoms with Gasteiger partial charge in [-0.2, -0.15) is 0 Å². The number of ether oxygens (including phenoxy) is 1. The Morgan fingerprint density at radius 3 is 2.12 bits per heavy atom. The van der Waals surface area contributed by atoms with Crippen molar-refractivity contribution in [3.8, 4) is 0 Å². The highest BCUT2D eigenvalue weighted by Gasteiger charge is 2.29. The molecule has 7 heteroatoms. The summed E-state index contributed by atoms with van der Waals surface area (Å²) >= 11 is 0. The van der Waals surface area contributed by atoms with Crippen LogP contribution in [-0.4, -0.2) is 35.6 Å². The van der Waals surface area contributed by atoms with Gasteiger partial charge in [0.05, 0.1) is 0 Å². The Labute approximate surface area is 155 Å². The predicted molar refractivity (Wildman–Crippen MR) is 100 cm³/mol. The molecule has 0 aromatic heterocycles. The molecule has 0 aliphatic carbocycles. The smallest absolute Gasteiger partial charge is 0.410 e. The van der Waals surface area contributed by atoms with Crippen LogP contribution in [0.1, 0.15) is 33.6 Å². The zero-order valence-electron chi connectivity index (χ0n) is 14.3. The zero-order valence-corrected chi connectivity index (χ0v) is 15.9. The fourth-order valence-corrected chi connectivity index (χ4v) is 2.42. The van der Waals surface area contributed by atoms with E-state index in [1.54, 1.807) is 4.90 Å². The number of benzene rings is 1. The van der Waals surface area contributed by atoms with Crippen LogP contribution in [0, 0.1) is 5.92 Å². The molecule has 5 nitrogen and oxygen atoms in total.